The van der Waals surface area contributed by atoms with Crippen molar-refractivity contribution in [3.8, 4) is 11.5 Å². The summed E-state index contributed by atoms with van der Waals surface area (Å²) in [5.74, 6) is 1.31. The highest BCUT2D eigenvalue weighted by Gasteiger charge is 2.37. The van der Waals surface area contributed by atoms with Crippen LogP contribution in [0.5, 0.6) is 11.5 Å². The minimum Gasteiger partial charge on any atom is -0.454 e. The molecule has 37 heavy (non-hydrogen) atoms. The predicted molar refractivity (Wildman–Crippen MR) is 129 cm³/mol. The van der Waals surface area contributed by atoms with Gasteiger partial charge in [-0.05, 0) is 60.7 Å². The Labute approximate surface area is 213 Å². The molecule has 10 heteroatoms. The summed E-state index contributed by atoms with van der Waals surface area (Å²) in [6.07, 6.45) is -0.253. The van der Waals surface area contributed by atoms with Crippen molar-refractivity contribution < 1.29 is 32.2 Å². The fraction of sp³-hybridized carbons (Fsp3) is 0.481. The molecule has 0 radical (unpaired) electrons. The third-order valence-electron chi connectivity index (χ3n) is 7.47. The van der Waals surface area contributed by atoms with Crippen LogP contribution in [0.1, 0.15) is 47.2 Å². The maximum absolute atomic E-state index is 13.4. The fourth-order valence-electron chi connectivity index (χ4n) is 5.48. The van der Waals surface area contributed by atoms with E-state index in [0.29, 0.717) is 44.2 Å². The monoisotopic (exact) mass is 517 g/mol. The standard InChI is InChI=1S/C27H30F3N3O4/c28-27(29,30)21-8-6-20(7-9-21)26(35)33-13-11-32(12-14-33)24(19-3-1-2-4-19)25(34)31-16-18-5-10-22-23(15-18)37-17-36-22/h5-10,15,19,24H,1-4,11-14,16-17H2,(H,31,34). The number of hydrogen-bond donors (Lipinski definition) is 1. The van der Waals surface area contributed by atoms with Crippen molar-refractivity contribution in [2.24, 2.45) is 5.92 Å². The van der Waals surface area contributed by atoms with E-state index in [2.05, 4.69) is 10.2 Å². The number of ether oxygens (including phenoxy) is 2. The van der Waals surface area contributed by atoms with Gasteiger partial charge in [0.25, 0.3) is 5.91 Å². The molecule has 0 bridgehead atoms. The molecular weight excluding hydrogens is 487 g/mol. The van der Waals surface area contributed by atoms with Crippen molar-refractivity contribution in [3.63, 3.8) is 0 Å². The molecule has 1 unspecified atom stereocenters. The lowest BCUT2D eigenvalue weighted by molar-refractivity contribution is -0.137. The molecule has 198 valence electrons. The molecule has 1 atom stereocenters. The van der Waals surface area contributed by atoms with Crippen LogP contribution in [-0.4, -0.2) is 60.6 Å². The van der Waals surface area contributed by atoms with Gasteiger partial charge in [0, 0.05) is 38.3 Å². The summed E-state index contributed by atoms with van der Waals surface area (Å²) in [5, 5.41) is 3.09. The molecule has 3 aliphatic rings. The molecule has 1 aliphatic carbocycles. The second kappa shape index (κ2) is 10.6. The van der Waals surface area contributed by atoms with E-state index < -0.39 is 11.7 Å². The molecule has 0 aromatic heterocycles. The van der Waals surface area contributed by atoms with Gasteiger partial charge in [0.2, 0.25) is 12.7 Å². The zero-order valence-electron chi connectivity index (χ0n) is 20.4. The molecule has 5 rings (SSSR count). The molecule has 2 aromatic carbocycles. The summed E-state index contributed by atoms with van der Waals surface area (Å²) in [6, 6.07) is 9.66. The zero-order valence-corrected chi connectivity index (χ0v) is 20.4. The molecule has 2 fully saturated rings. The first-order valence-electron chi connectivity index (χ1n) is 12.7. The minimum atomic E-state index is -4.44. The Morgan fingerprint density at radius 2 is 1.62 bits per heavy atom. The van der Waals surface area contributed by atoms with E-state index in [4.69, 9.17) is 9.47 Å². The number of amides is 2. The van der Waals surface area contributed by atoms with E-state index in [0.717, 1.165) is 43.4 Å². The summed E-state index contributed by atoms with van der Waals surface area (Å²) in [4.78, 5) is 30.1. The van der Waals surface area contributed by atoms with Gasteiger partial charge in [0.15, 0.2) is 11.5 Å². The zero-order chi connectivity index (χ0) is 26.0. The van der Waals surface area contributed by atoms with Crippen LogP contribution in [0, 0.1) is 5.92 Å². The molecule has 2 heterocycles. The number of benzene rings is 2. The van der Waals surface area contributed by atoms with E-state index in [1.165, 1.54) is 12.1 Å². The highest BCUT2D eigenvalue weighted by atomic mass is 19.4. The smallest absolute Gasteiger partial charge is 0.416 e. The third-order valence-corrected chi connectivity index (χ3v) is 7.47. The number of halogens is 3. The molecular formula is C27H30F3N3O4. The van der Waals surface area contributed by atoms with Gasteiger partial charge >= 0.3 is 6.18 Å². The average molecular weight is 518 g/mol. The first-order valence-corrected chi connectivity index (χ1v) is 12.7. The molecule has 7 nitrogen and oxygen atoms in total. The van der Waals surface area contributed by atoms with Crippen molar-refractivity contribution in [2.75, 3.05) is 33.0 Å². The number of rotatable bonds is 6. The van der Waals surface area contributed by atoms with E-state index >= 15 is 0 Å². The molecule has 2 aliphatic heterocycles. The number of carbonyl (C=O) groups excluding carboxylic acids is 2. The van der Waals surface area contributed by atoms with E-state index in [-0.39, 0.29) is 36.1 Å². The van der Waals surface area contributed by atoms with Gasteiger partial charge in [-0.25, -0.2) is 0 Å². The van der Waals surface area contributed by atoms with Crippen LogP contribution >= 0.6 is 0 Å². The number of carbonyl (C=O) groups is 2. The van der Waals surface area contributed by atoms with Crippen molar-refractivity contribution >= 4 is 11.8 Å². The molecule has 0 spiro atoms. The van der Waals surface area contributed by atoms with Crippen LogP contribution in [0.3, 0.4) is 0 Å². The normalized spacial score (nSPS) is 19.2. The number of hydrogen-bond acceptors (Lipinski definition) is 5. The predicted octanol–water partition coefficient (Wildman–Crippen LogP) is 4.07. The highest BCUT2D eigenvalue weighted by molar-refractivity contribution is 5.94. The number of nitrogens with zero attached hydrogens (tertiary/aromatic N) is 2. The highest BCUT2D eigenvalue weighted by Crippen LogP contribution is 2.34. The maximum Gasteiger partial charge on any atom is 0.416 e. The molecule has 2 amide bonds. The van der Waals surface area contributed by atoms with Crippen molar-refractivity contribution in [3.05, 3.63) is 59.2 Å². The van der Waals surface area contributed by atoms with Crippen LogP contribution in [0.2, 0.25) is 0 Å². The Balaban J connectivity index is 1.20. The van der Waals surface area contributed by atoms with Crippen LogP contribution < -0.4 is 14.8 Å². The Kier molecular flexibility index (Phi) is 7.28. The van der Waals surface area contributed by atoms with Crippen molar-refractivity contribution in [1.29, 1.82) is 0 Å². The van der Waals surface area contributed by atoms with Crippen LogP contribution in [0.25, 0.3) is 0 Å². The fourth-order valence-corrected chi connectivity index (χ4v) is 5.48. The first kappa shape index (κ1) is 25.4. The lowest BCUT2D eigenvalue weighted by Gasteiger charge is -2.40. The molecule has 1 N–H and O–H groups in total. The summed E-state index contributed by atoms with van der Waals surface area (Å²) < 4.78 is 49.3. The SMILES string of the molecule is O=C(NCc1ccc2c(c1)OCO2)C(C1CCCC1)N1CCN(C(=O)c2ccc(C(F)(F)F)cc2)CC1. The number of fused-ring (bicyclic) bond motifs is 1. The van der Waals surface area contributed by atoms with Crippen LogP contribution in [0.4, 0.5) is 13.2 Å². The van der Waals surface area contributed by atoms with E-state index in [1.807, 2.05) is 18.2 Å². The van der Waals surface area contributed by atoms with Crippen LogP contribution in [0.15, 0.2) is 42.5 Å². The second-order valence-corrected chi connectivity index (χ2v) is 9.80. The maximum atomic E-state index is 13.4. The molecule has 2 aromatic rings. The molecule has 1 saturated carbocycles. The first-order chi connectivity index (χ1) is 17.8. The van der Waals surface area contributed by atoms with Crippen LogP contribution in [-0.2, 0) is 17.5 Å². The lowest BCUT2D eigenvalue weighted by Crippen LogP contribution is -2.57. The quantitative estimate of drug-likeness (QED) is 0.626. The Morgan fingerprint density at radius 3 is 2.30 bits per heavy atom. The number of piperazine rings is 1. The summed E-state index contributed by atoms with van der Waals surface area (Å²) >= 11 is 0. The third kappa shape index (κ3) is 5.69. The van der Waals surface area contributed by atoms with Gasteiger partial charge in [-0.15, -0.1) is 0 Å². The van der Waals surface area contributed by atoms with E-state index in [9.17, 15) is 22.8 Å². The van der Waals surface area contributed by atoms with Gasteiger partial charge in [-0.3, -0.25) is 14.5 Å². The van der Waals surface area contributed by atoms with Gasteiger partial charge < -0.3 is 19.7 Å². The number of nitrogens with one attached hydrogen (secondary N) is 1. The average Bonchev–Trinajstić information content (AvgIpc) is 3.59. The Bertz CT molecular complexity index is 1120. The molecule has 1 saturated heterocycles. The van der Waals surface area contributed by atoms with Crippen molar-refractivity contribution in [1.82, 2.24) is 15.1 Å². The second-order valence-electron chi connectivity index (χ2n) is 9.80. The van der Waals surface area contributed by atoms with Gasteiger partial charge in [-0.1, -0.05) is 18.9 Å². The minimum absolute atomic E-state index is 0.0212. The Hall–Kier alpha value is -3.27. The van der Waals surface area contributed by atoms with Gasteiger partial charge in [0.05, 0.1) is 11.6 Å². The lowest BCUT2D eigenvalue weighted by atomic mass is 9.94. The van der Waals surface area contributed by atoms with Gasteiger partial charge in [-0.2, -0.15) is 13.2 Å². The summed E-state index contributed by atoms with van der Waals surface area (Å²) in [6.45, 7) is 2.47. The topological polar surface area (TPSA) is 71.1 Å². The van der Waals surface area contributed by atoms with Crippen molar-refractivity contribution in [2.45, 2.75) is 44.4 Å². The number of alkyl halides is 3. The van der Waals surface area contributed by atoms with Gasteiger partial charge in [0.1, 0.15) is 0 Å². The van der Waals surface area contributed by atoms with E-state index in [1.54, 1.807) is 4.90 Å². The summed E-state index contributed by atoms with van der Waals surface area (Å²) in [7, 11) is 0. The Morgan fingerprint density at radius 1 is 0.946 bits per heavy atom. The summed E-state index contributed by atoms with van der Waals surface area (Å²) in [5.41, 5.74) is 0.380. The largest absolute Gasteiger partial charge is 0.454 e.